The smallest absolute Gasteiger partial charge is 0.326 e. The summed E-state index contributed by atoms with van der Waals surface area (Å²) in [6, 6.07) is -0.703. The van der Waals surface area contributed by atoms with Crippen LogP contribution in [0, 0.1) is 6.92 Å². The number of nitrogens with zero attached hydrogens (tertiary/aromatic N) is 3. The fourth-order valence-corrected chi connectivity index (χ4v) is 2.29. The zero-order valence-corrected chi connectivity index (χ0v) is 10.6. The van der Waals surface area contributed by atoms with E-state index in [9.17, 15) is 9.59 Å². The average Bonchev–Trinajstić information content (AvgIpc) is 2.69. The Morgan fingerprint density at radius 2 is 2.17 bits per heavy atom. The number of hydrogen-bond donors (Lipinski definition) is 1. The summed E-state index contributed by atoms with van der Waals surface area (Å²) >= 11 is 0. The average molecular weight is 251 g/mol. The second-order valence-electron chi connectivity index (χ2n) is 4.62. The maximum atomic E-state index is 12.4. The number of amides is 1. The standard InChI is InChI=1S/C12H17N3O3/c1-8-9(7-13-14(8)2)11(16)15-6-4-3-5-10(15)12(17)18/h7,10H,3-6H2,1-2H3,(H,17,18)/t10-/m1/s1. The number of piperidine rings is 1. The van der Waals surface area contributed by atoms with Gasteiger partial charge in [-0.2, -0.15) is 5.10 Å². The number of carboxylic acid groups (broad SMARTS) is 1. The molecule has 0 unspecified atom stereocenters. The van der Waals surface area contributed by atoms with Crippen molar-refractivity contribution in [3.8, 4) is 0 Å². The summed E-state index contributed by atoms with van der Waals surface area (Å²) in [5.41, 5.74) is 1.25. The van der Waals surface area contributed by atoms with Crippen molar-refractivity contribution in [1.29, 1.82) is 0 Å². The second-order valence-corrected chi connectivity index (χ2v) is 4.62. The quantitative estimate of drug-likeness (QED) is 0.844. The molecule has 1 aromatic rings. The van der Waals surface area contributed by atoms with Crippen molar-refractivity contribution in [3.05, 3.63) is 17.5 Å². The lowest BCUT2D eigenvalue weighted by Crippen LogP contribution is -2.48. The Morgan fingerprint density at radius 1 is 1.44 bits per heavy atom. The summed E-state index contributed by atoms with van der Waals surface area (Å²) < 4.78 is 1.62. The predicted molar refractivity (Wildman–Crippen MR) is 64.3 cm³/mol. The molecule has 1 saturated heterocycles. The van der Waals surface area contributed by atoms with E-state index in [1.165, 1.54) is 11.1 Å². The molecule has 0 aliphatic carbocycles. The minimum Gasteiger partial charge on any atom is -0.480 e. The third-order valence-electron chi connectivity index (χ3n) is 3.51. The molecule has 1 aromatic heterocycles. The summed E-state index contributed by atoms with van der Waals surface area (Å²) in [6.07, 6.45) is 3.74. The lowest BCUT2D eigenvalue weighted by atomic mass is 10.0. The molecule has 1 atom stereocenters. The van der Waals surface area contributed by atoms with E-state index in [0.29, 0.717) is 18.5 Å². The molecule has 0 radical (unpaired) electrons. The molecule has 2 heterocycles. The van der Waals surface area contributed by atoms with E-state index in [-0.39, 0.29) is 5.91 Å². The first-order valence-electron chi connectivity index (χ1n) is 6.04. The van der Waals surface area contributed by atoms with Crippen LogP contribution in [-0.2, 0) is 11.8 Å². The molecule has 0 aromatic carbocycles. The third-order valence-corrected chi connectivity index (χ3v) is 3.51. The molecule has 6 nitrogen and oxygen atoms in total. The summed E-state index contributed by atoms with van der Waals surface area (Å²) in [7, 11) is 1.76. The Hall–Kier alpha value is -1.85. The zero-order valence-electron chi connectivity index (χ0n) is 10.6. The predicted octanol–water partition coefficient (Wildman–Crippen LogP) is 0.808. The Labute approximate surface area is 105 Å². The van der Waals surface area contributed by atoms with E-state index in [4.69, 9.17) is 5.11 Å². The summed E-state index contributed by atoms with van der Waals surface area (Å²) in [5, 5.41) is 13.2. The van der Waals surface area contributed by atoms with E-state index in [0.717, 1.165) is 18.5 Å². The Bertz CT molecular complexity index is 481. The van der Waals surface area contributed by atoms with Gasteiger partial charge in [0, 0.05) is 19.3 Å². The minimum absolute atomic E-state index is 0.229. The molecule has 1 amide bonds. The van der Waals surface area contributed by atoms with Gasteiger partial charge in [-0.1, -0.05) is 0 Å². The summed E-state index contributed by atoms with van der Waals surface area (Å²) in [4.78, 5) is 25.0. The van der Waals surface area contributed by atoms with Crippen LogP contribution >= 0.6 is 0 Å². The molecule has 98 valence electrons. The fourth-order valence-electron chi connectivity index (χ4n) is 2.29. The largest absolute Gasteiger partial charge is 0.480 e. The van der Waals surface area contributed by atoms with Gasteiger partial charge in [-0.15, -0.1) is 0 Å². The van der Waals surface area contributed by atoms with Crippen molar-refractivity contribution >= 4 is 11.9 Å². The number of likely N-dealkylation sites (tertiary alicyclic amines) is 1. The molecule has 18 heavy (non-hydrogen) atoms. The van der Waals surface area contributed by atoms with E-state index >= 15 is 0 Å². The molecule has 1 N–H and O–H groups in total. The van der Waals surface area contributed by atoms with E-state index in [1.807, 2.05) is 0 Å². The van der Waals surface area contributed by atoms with Gasteiger partial charge in [-0.3, -0.25) is 9.48 Å². The highest BCUT2D eigenvalue weighted by Gasteiger charge is 2.33. The molecule has 1 aliphatic heterocycles. The maximum Gasteiger partial charge on any atom is 0.326 e. The molecule has 0 spiro atoms. The highest BCUT2D eigenvalue weighted by Crippen LogP contribution is 2.21. The van der Waals surface area contributed by atoms with E-state index in [2.05, 4.69) is 5.10 Å². The van der Waals surface area contributed by atoms with E-state index in [1.54, 1.807) is 18.7 Å². The number of carbonyl (C=O) groups excluding carboxylic acids is 1. The molecular formula is C12H17N3O3. The maximum absolute atomic E-state index is 12.4. The first-order chi connectivity index (χ1) is 8.52. The van der Waals surface area contributed by atoms with Crippen LogP contribution in [-0.4, -0.2) is 44.3 Å². The molecule has 6 heteroatoms. The highest BCUT2D eigenvalue weighted by molar-refractivity contribution is 5.97. The molecule has 0 saturated carbocycles. The Morgan fingerprint density at radius 3 is 2.72 bits per heavy atom. The Kier molecular flexibility index (Phi) is 3.36. The summed E-state index contributed by atoms with van der Waals surface area (Å²) in [6.45, 7) is 2.31. The minimum atomic E-state index is -0.926. The lowest BCUT2D eigenvalue weighted by Gasteiger charge is -2.32. The number of carbonyl (C=O) groups is 2. The molecular weight excluding hydrogens is 234 g/mol. The van der Waals surface area contributed by atoms with Crippen LogP contribution in [0.1, 0.15) is 35.3 Å². The van der Waals surface area contributed by atoms with Crippen molar-refractivity contribution in [1.82, 2.24) is 14.7 Å². The molecule has 2 rings (SSSR count). The first kappa shape index (κ1) is 12.6. The van der Waals surface area contributed by atoms with Crippen LogP contribution in [0.15, 0.2) is 6.20 Å². The van der Waals surface area contributed by atoms with E-state index < -0.39 is 12.0 Å². The van der Waals surface area contributed by atoms with Crippen molar-refractivity contribution in [3.63, 3.8) is 0 Å². The van der Waals surface area contributed by atoms with Gasteiger partial charge in [0.2, 0.25) is 0 Å². The van der Waals surface area contributed by atoms with Gasteiger partial charge in [0.1, 0.15) is 6.04 Å². The van der Waals surface area contributed by atoms with Crippen molar-refractivity contribution in [2.24, 2.45) is 7.05 Å². The van der Waals surface area contributed by atoms with Crippen molar-refractivity contribution < 1.29 is 14.7 Å². The Balaban J connectivity index is 2.26. The topological polar surface area (TPSA) is 75.4 Å². The van der Waals surface area contributed by atoms with Crippen LogP contribution in [0.3, 0.4) is 0 Å². The number of aromatic nitrogens is 2. The fraction of sp³-hybridized carbons (Fsp3) is 0.583. The highest BCUT2D eigenvalue weighted by atomic mass is 16.4. The van der Waals surface area contributed by atoms with Crippen LogP contribution < -0.4 is 0 Å². The molecule has 0 bridgehead atoms. The van der Waals surface area contributed by atoms with Gasteiger partial charge < -0.3 is 10.0 Å². The van der Waals surface area contributed by atoms with Crippen LogP contribution in [0.5, 0.6) is 0 Å². The van der Waals surface area contributed by atoms with Crippen LogP contribution in [0.4, 0.5) is 0 Å². The number of rotatable bonds is 2. The van der Waals surface area contributed by atoms with Crippen molar-refractivity contribution in [2.75, 3.05) is 6.54 Å². The third kappa shape index (κ3) is 2.10. The SMILES string of the molecule is Cc1c(C(=O)N2CCCC[C@@H]2C(=O)O)cnn1C. The molecule has 1 aliphatic rings. The number of aliphatic carboxylic acids is 1. The van der Waals surface area contributed by atoms with Gasteiger partial charge in [0.15, 0.2) is 0 Å². The first-order valence-corrected chi connectivity index (χ1v) is 6.04. The zero-order chi connectivity index (χ0) is 13.3. The van der Waals surface area contributed by atoms with Gasteiger partial charge in [-0.05, 0) is 26.2 Å². The van der Waals surface area contributed by atoms with Crippen LogP contribution in [0.25, 0.3) is 0 Å². The lowest BCUT2D eigenvalue weighted by molar-refractivity contribution is -0.143. The van der Waals surface area contributed by atoms with Crippen molar-refractivity contribution in [2.45, 2.75) is 32.2 Å². The second kappa shape index (κ2) is 4.80. The molecule has 1 fully saturated rings. The number of hydrogen-bond acceptors (Lipinski definition) is 3. The van der Waals surface area contributed by atoms with Crippen LogP contribution in [0.2, 0.25) is 0 Å². The van der Waals surface area contributed by atoms with Gasteiger partial charge in [-0.25, -0.2) is 4.79 Å². The van der Waals surface area contributed by atoms with Gasteiger partial charge >= 0.3 is 5.97 Å². The number of carboxylic acids is 1. The number of aryl methyl sites for hydroxylation is 1. The monoisotopic (exact) mass is 251 g/mol. The summed E-state index contributed by atoms with van der Waals surface area (Å²) in [5.74, 6) is -1.16. The van der Waals surface area contributed by atoms with Gasteiger partial charge in [0.25, 0.3) is 5.91 Å². The van der Waals surface area contributed by atoms with Gasteiger partial charge in [0.05, 0.1) is 11.8 Å². The normalized spacial score (nSPS) is 19.9.